The van der Waals surface area contributed by atoms with Crippen LogP contribution in [0, 0.1) is 5.92 Å². The van der Waals surface area contributed by atoms with Crippen molar-refractivity contribution in [1.82, 2.24) is 0 Å². The van der Waals surface area contributed by atoms with Crippen LogP contribution >= 0.6 is 0 Å². The SMILES string of the molecule is CCCCCCOC(=O)c1cc(C(=O)OC(C(C)C)C(F)(F)C(=O)O)ccc1OC(=O)OC(C)(C)C. The summed E-state index contributed by atoms with van der Waals surface area (Å²) in [5.74, 6) is -10.3. The van der Waals surface area contributed by atoms with Gasteiger partial charge in [-0.25, -0.2) is 19.2 Å². The molecule has 0 heterocycles. The van der Waals surface area contributed by atoms with Gasteiger partial charge in [-0.3, -0.25) is 0 Å². The van der Waals surface area contributed by atoms with Gasteiger partial charge in [-0.15, -0.1) is 0 Å². The molecule has 0 bridgehead atoms. The molecular weight excluding hydrogens is 482 g/mol. The zero-order chi connectivity index (χ0) is 27.7. The number of carboxylic acids is 1. The minimum absolute atomic E-state index is 0.0691. The van der Waals surface area contributed by atoms with E-state index in [1.807, 2.05) is 6.92 Å². The van der Waals surface area contributed by atoms with Crippen LogP contribution in [-0.4, -0.2) is 53.4 Å². The summed E-state index contributed by atoms with van der Waals surface area (Å²) in [6.07, 6.45) is -0.0472. The van der Waals surface area contributed by atoms with Crippen molar-refractivity contribution in [3.63, 3.8) is 0 Å². The zero-order valence-corrected chi connectivity index (χ0v) is 21.4. The Bertz CT molecular complexity index is 936. The lowest BCUT2D eigenvalue weighted by molar-refractivity contribution is -0.187. The van der Waals surface area contributed by atoms with E-state index in [0.717, 1.165) is 37.5 Å². The van der Waals surface area contributed by atoms with Crippen LogP contribution in [0.5, 0.6) is 5.75 Å². The van der Waals surface area contributed by atoms with Crippen molar-refractivity contribution in [2.24, 2.45) is 5.92 Å². The Hall–Kier alpha value is -3.24. The van der Waals surface area contributed by atoms with Crippen molar-refractivity contribution in [1.29, 1.82) is 0 Å². The molecule has 36 heavy (non-hydrogen) atoms. The fraction of sp³-hybridized carbons (Fsp3) is 0.600. The molecule has 0 aliphatic rings. The molecule has 202 valence electrons. The van der Waals surface area contributed by atoms with Gasteiger partial charge in [-0.05, 0) is 51.3 Å². The Balaban J connectivity index is 3.24. The molecule has 0 radical (unpaired) electrons. The van der Waals surface area contributed by atoms with E-state index in [2.05, 4.69) is 0 Å². The second-order valence-electron chi connectivity index (χ2n) is 9.47. The summed E-state index contributed by atoms with van der Waals surface area (Å²) in [7, 11) is 0. The van der Waals surface area contributed by atoms with E-state index in [-0.39, 0.29) is 23.5 Å². The molecule has 0 saturated carbocycles. The molecule has 1 N–H and O–H groups in total. The monoisotopic (exact) mass is 516 g/mol. The van der Waals surface area contributed by atoms with Crippen molar-refractivity contribution < 1.29 is 52.0 Å². The van der Waals surface area contributed by atoms with Gasteiger partial charge in [0.15, 0.2) is 6.10 Å². The van der Waals surface area contributed by atoms with Crippen LogP contribution in [0.2, 0.25) is 0 Å². The van der Waals surface area contributed by atoms with E-state index in [1.54, 1.807) is 20.8 Å². The number of unbranched alkanes of at least 4 members (excludes halogenated alkanes) is 3. The summed E-state index contributed by atoms with van der Waals surface area (Å²) < 4.78 is 48.4. The molecule has 1 rings (SSSR count). The number of aliphatic carboxylic acids is 1. The highest BCUT2D eigenvalue weighted by atomic mass is 19.3. The fourth-order valence-corrected chi connectivity index (χ4v) is 2.97. The van der Waals surface area contributed by atoms with E-state index in [0.29, 0.717) is 6.42 Å². The molecule has 1 atom stereocenters. The van der Waals surface area contributed by atoms with E-state index in [4.69, 9.17) is 24.1 Å². The summed E-state index contributed by atoms with van der Waals surface area (Å²) in [5.41, 5.74) is -1.57. The number of carbonyl (C=O) groups excluding carboxylic acids is 3. The molecule has 0 aromatic heterocycles. The quantitative estimate of drug-likeness (QED) is 0.163. The largest absolute Gasteiger partial charge is 0.514 e. The molecule has 9 nitrogen and oxygen atoms in total. The van der Waals surface area contributed by atoms with Gasteiger partial charge in [0.1, 0.15) is 16.9 Å². The summed E-state index contributed by atoms with van der Waals surface area (Å²) in [6.45, 7) is 9.46. The van der Waals surface area contributed by atoms with Gasteiger partial charge in [-0.2, -0.15) is 8.78 Å². The van der Waals surface area contributed by atoms with Gasteiger partial charge in [0, 0.05) is 0 Å². The molecule has 0 spiro atoms. The molecule has 0 saturated heterocycles. The maximum atomic E-state index is 14.1. The number of esters is 2. The van der Waals surface area contributed by atoms with E-state index in [9.17, 15) is 28.0 Å². The third-order valence-electron chi connectivity index (χ3n) is 4.73. The van der Waals surface area contributed by atoms with Crippen molar-refractivity contribution in [2.45, 2.75) is 84.9 Å². The topological polar surface area (TPSA) is 125 Å². The first-order valence-corrected chi connectivity index (χ1v) is 11.6. The second-order valence-corrected chi connectivity index (χ2v) is 9.47. The number of rotatable bonds is 12. The molecule has 0 aliphatic heterocycles. The van der Waals surface area contributed by atoms with Gasteiger partial charge in [-0.1, -0.05) is 40.0 Å². The summed E-state index contributed by atoms with van der Waals surface area (Å²) in [6, 6.07) is 3.14. The highest BCUT2D eigenvalue weighted by Gasteiger charge is 2.51. The van der Waals surface area contributed by atoms with E-state index < -0.39 is 47.6 Å². The van der Waals surface area contributed by atoms with Gasteiger partial charge < -0.3 is 24.1 Å². The van der Waals surface area contributed by atoms with Crippen molar-refractivity contribution >= 4 is 24.1 Å². The van der Waals surface area contributed by atoms with Gasteiger partial charge in [0.2, 0.25) is 0 Å². The Labute approximate surface area is 209 Å². The maximum Gasteiger partial charge on any atom is 0.514 e. The van der Waals surface area contributed by atoms with Crippen LogP contribution in [0.3, 0.4) is 0 Å². The predicted molar refractivity (Wildman–Crippen MR) is 124 cm³/mol. The van der Waals surface area contributed by atoms with Crippen LogP contribution < -0.4 is 4.74 Å². The molecule has 0 fully saturated rings. The Morgan fingerprint density at radius 2 is 1.64 bits per heavy atom. The molecular formula is C25H34F2O9. The minimum atomic E-state index is -4.34. The minimum Gasteiger partial charge on any atom is -0.477 e. The standard InChI is InChI=1S/C25H34F2O9/c1-7-8-9-10-13-33-21(29)17-14-16(11-12-18(17)34-23(32)36-24(4,5)6)20(28)35-19(15(2)3)25(26,27)22(30)31/h11-12,14-15,19H,7-10,13H2,1-6H3,(H,30,31). The average Bonchev–Trinajstić information content (AvgIpc) is 2.75. The van der Waals surface area contributed by atoms with Crippen LogP contribution in [0.25, 0.3) is 0 Å². The van der Waals surface area contributed by atoms with Crippen LogP contribution in [0.15, 0.2) is 18.2 Å². The first-order valence-electron chi connectivity index (χ1n) is 11.6. The summed E-state index contributed by atoms with van der Waals surface area (Å²) >= 11 is 0. The predicted octanol–water partition coefficient (Wildman–Crippen LogP) is 5.64. The summed E-state index contributed by atoms with van der Waals surface area (Å²) in [5, 5.41) is 8.84. The second kappa shape index (κ2) is 13.2. The number of hydrogen-bond acceptors (Lipinski definition) is 8. The zero-order valence-electron chi connectivity index (χ0n) is 21.4. The third-order valence-corrected chi connectivity index (χ3v) is 4.73. The normalized spacial score (nSPS) is 12.6. The number of benzene rings is 1. The smallest absolute Gasteiger partial charge is 0.477 e. The Morgan fingerprint density at radius 1 is 1.00 bits per heavy atom. The number of ether oxygens (including phenoxy) is 4. The third kappa shape index (κ3) is 9.43. The fourth-order valence-electron chi connectivity index (χ4n) is 2.97. The molecule has 0 aliphatic carbocycles. The van der Waals surface area contributed by atoms with Gasteiger partial charge >= 0.3 is 30.0 Å². The number of carbonyl (C=O) groups is 4. The first-order chi connectivity index (χ1) is 16.6. The molecule has 0 amide bonds. The van der Waals surface area contributed by atoms with E-state index >= 15 is 0 Å². The number of alkyl halides is 2. The van der Waals surface area contributed by atoms with Crippen LogP contribution in [-0.2, 0) is 19.0 Å². The molecule has 1 aromatic rings. The van der Waals surface area contributed by atoms with Crippen molar-refractivity contribution in [2.75, 3.05) is 6.61 Å². The van der Waals surface area contributed by atoms with Crippen molar-refractivity contribution in [3.8, 4) is 5.75 Å². The maximum absolute atomic E-state index is 14.1. The number of hydrogen-bond donors (Lipinski definition) is 1. The lowest BCUT2D eigenvalue weighted by atomic mass is 10.0. The lowest BCUT2D eigenvalue weighted by Crippen LogP contribution is -2.47. The molecule has 1 unspecified atom stereocenters. The molecule has 11 heteroatoms. The van der Waals surface area contributed by atoms with Gasteiger partial charge in [0.25, 0.3) is 0 Å². The Kier molecular flexibility index (Phi) is 11.3. The first kappa shape index (κ1) is 30.8. The molecule has 1 aromatic carbocycles. The highest BCUT2D eigenvalue weighted by molar-refractivity contribution is 5.98. The lowest BCUT2D eigenvalue weighted by Gasteiger charge is -2.26. The van der Waals surface area contributed by atoms with E-state index in [1.165, 1.54) is 13.8 Å². The summed E-state index contributed by atoms with van der Waals surface area (Å²) in [4.78, 5) is 48.4. The van der Waals surface area contributed by atoms with Gasteiger partial charge in [0.05, 0.1) is 12.2 Å². The highest BCUT2D eigenvalue weighted by Crippen LogP contribution is 2.29. The average molecular weight is 517 g/mol. The van der Waals surface area contributed by atoms with Crippen LogP contribution in [0.4, 0.5) is 13.6 Å². The Morgan fingerprint density at radius 3 is 2.17 bits per heavy atom. The number of halogens is 2. The van der Waals surface area contributed by atoms with Crippen molar-refractivity contribution in [3.05, 3.63) is 29.3 Å². The van der Waals surface area contributed by atoms with Crippen LogP contribution in [0.1, 0.15) is 87.9 Å². The number of carboxylic acid groups (broad SMARTS) is 1.